The van der Waals surface area contributed by atoms with Crippen LogP contribution in [0.4, 0.5) is 0 Å². The molecule has 2 aliphatic heterocycles. The van der Waals surface area contributed by atoms with Gasteiger partial charge >= 0.3 is 11.9 Å². The van der Waals surface area contributed by atoms with E-state index in [1.165, 1.54) is 7.11 Å². The lowest BCUT2D eigenvalue weighted by Crippen LogP contribution is -2.63. The molecule has 6 aliphatic rings. The Bertz CT molecular complexity index is 907. The zero-order valence-electron chi connectivity index (χ0n) is 18.0. The highest BCUT2D eigenvalue weighted by atomic mass is 16.6. The Hall–Kier alpha value is -1.69. The van der Waals surface area contributed by atoms with Crippen molar-refractivity contribution in [3.63, 3.8) is 0 Å². The monoisotopic (exact) mass is 414 g/mol. The average Bonchev–Trinajstić information content (AvgIpc) is 3.20. The molecule has 0 N–H and O–H groups in total. The van der Waals surface area contributed by atoms with Crippen LogP contribution in [-0.2, 0) is 28.6 Å². The first-order valence-corrected chi connectivity index (χ1v) is 11.4. The van der Waals surface area contributed by atoms with E-state index in [0.29, 0.717) is 19.3 Å². The van der Waals surface area contributed by atoms with Gasteiger partial charge in [0.2, 0.25) is 0 Å². The molecule has 30 heavy (non-hydrogen) atoms. The summed E-state index contributed by atoms with van der Waals surface area (Å²) in [4.78, 5) is 37.4. The molecule has 0 aromatic heterocycles. The Labute approximate surface area is 176 Å². The van der Waals surface area contributed by atoms with E-state index in [1.807, 2.05) is 0 Å². The SMILES string of the molecule is COC(=O)C1CC2=CC(=O)CCC2(C)[C@@]23OC2CC2(C)C(CC[C@@]24CCC(=O)O4)C13. The Morgan fingerprint density at radius 2 is 1.97 bits per heavy atom. The minimum Gasteiger partial charge on any atom is -0.469 e. The molecule has 6 nitrogen and oxygen atoms in total. The van der Waals surface area contributed by atoms with Gasteiger partial charge in [-0.05, 0) is 50.5 Å². The van der Waals surface area contributed by atoms with Crippen molar-refractivity contribution in [2.45, 2.75) is 82.5 Å². The molecule has 6 rings (SSSR count). The number of methoxy groups -OCH3 is 1. The lowest BCUT2D eigenvalue weighted by molar-refractivity contribution is -0.172. The fourth-order valence-corrected chi connectivity index (χ4v) is 8.69. The van der Waals surface area contributed by atoms with Gasteiger partial charge in [0.15, 0.2) is 5.78 Å². The van der Waals surface area contributed by atoms with Crippen molar-refractivity contribution >= 4 is 17.7 Å². The topological polar surface area (TPSA) is 82.2 Å². The van der Waals surface area contributed by atoms with Crippen molar-refractivity contribution in [3.8, 4) is 0 Å². The van der Waals surface area contributed by atoms with E-state index in [0.717, 1.165) is 37.7 Å². The van der Waals surface area contributed by atoms with Crippen LogP contribution in [0.3, 0.4) is 0 Å². The first-order valence-electron chi connectivity index (χ1n) is 11.4. The standard InChI is InChI=1S/C24H30O6/c1-21-7-4-14(25)10-13(21)11-15(20(27)28-3)19-16-5-8-23(9-6-18(26)30-23)22(16,2)12-17-24(19,21)29-17/h10,15-17,19H,4-9,11-12H2,1-3H3/t15?,16?,17?,19?,21?,22?,23-,24-/m1/s1. The molecule has 3 saturated carbocycles. The van der Waals surface area contributed by atoms with Gasteiger partial charge in [-0.3, -0.25) is 14.4 Å². The number of esters is 2. The number of rotatable bonds is 1. The third-order valence-electron chi connectivity index (χ3n) is 10.2. The predicted molar refractivity (Wildman–Crippen MR) is 105 cm³/mol. The van der Waals surface area contributed by atoms with Crippen LogP contribution in [0.15, 0.2) is 11.6 Å². The van der Waals surface area contributed by atoms with Gasteiger partial charge < -0.3 is 14.2 Å². The molecular weight excluding hydrogens is 384 g/mol. The highest BCUT2D eigenvalue weighted by Gasteiger charge is 2.83. The molecule has 6 heteroatoms. The van der Waals surface area contributed by atoms with Crippen LogP contribution in [0, 0.1) is 28.6 Å². The van der Waals surface area contributed by atoms with Crippen LogP contribution in [0.5, 0.6) is 0 Å². The Kier molecular flexibility index (Phi) is 3.53. The van der Waals surface area contributed by atoms with Crippen molar-refractivity contribution in [2.75, 3.05) is 7.11 Å². The summed E-state index contributed by atoms with van der Waals surface area (Å²) in [7, 11) is 1.45. The minimum absolute atomic E-state index is 0.0303. The number of ketones is 1. The summed E-state index contributed by atoms with van der Waals surface area (Å²) < 4.78 is 17.9. The maximum absolute atomic E-state index is 13.0. The van der Waals surface area contributed by atoms with Gasteiger partial charge in [0.25, 0.3) is 0 Å². The second kappa shape index (κ2) is 5.56. The van der Waals surface area contributed by atoms with Gasteiger partial charge in [-0.2, -0.15) is 0 Å². The van der Waals surface area contributed by atoms with Crippen molar-refractivity contribution in [1.29, 1.82) is 0 Å². The van der Waals surface area contributed by atoms with Crippen molar-refractivity contribution < 1.29 is 28.6 Å². The van der Waals surface area contributed by atoms with Gasteiger partial charge in [-0.1, -0.05) is 19.4 Å². The van der Waals surface area contributed by atoms with E-state index < -0.39 is 11.2 Å². The minimum atomic E-state index is -0.424. The summed E-state index contributed by atoms with van der Waals surface area (Å²) in [6.07, 6.45) is 7.61. The van der Waals surface area contributed by atoms with Gasteiger partial charge in [0, 0.05) is 29.6 Å². The highest BCUT2D eigenvalue weighted by molar-refractivity contribution is 5.92. The molecule has 6 unspecified atom stereocenters. The summed E-state index contributed by atoms with van der Waals surface area (Å²) >= 11 is 0. The summed E-state index contributed by atoms with van der Waals surface area (Å²) in [5, 5.41) is 0. The molecule has 0 bridgehead atoms. The van der Waals surface area contributed by atoms with Gasteiger partial charge in [0.1, 0.15) is 11.2 Å². The molecule has 0 aromatic carbocycles. The molecule has 0 aromatic rings. The van der Waals surface area contributed by atoms with E-state index in [9.17, 15) is 14.4 Å². The lowest BCUT2D eigenvalue weighted by atomic mass is 9.43. The fraction of sp³-hybridized carbons (Fsp3) is 0.792. The first-order chi connectivity index (χ1) is 14.2. The number of ether oxygens (including phenoxy) is 3. The average molecular weight is 414 g/mol. The molecule has 162 valence electrons. The number of carbonyl (C=O) groups excluding carboxylic acids is 3. The zero-order chi connectivity index (χ0) is 21.1. The van der Waals surface area contributed by atoms with E-state index in [-0.39, 0.29) is 52.4 Å². The normalized spacial score (nSPS) is 53.2. The molecule has 2 heterocycles. The Balaban J connectivity index is 1.49. The predicted octanol–water partition coefficient (Wildman–Crippen LogP) is 3.12. The summed E-state index contributed by atoms with van der Waals surface area (Å²) in [5.74, 6) is -0.201. The third kappa shape index (κ3) is 1.94. The number of hydrogen-bond acceptors (Lipinski definition) is 6. The largest absolute Gasteiger partial charge is 0.469 e. The maximum Gasteiger partial charge on any atom is 0.309 e. The molecule has 0 radical (unpaired) electrons. The second-order valence-corrected chi connectivity index (χ2v) is 11.0. The zero-order valence-corrected chi connectivity index (χ0v) is 18.0. The molecule has 2 saturated heterocycles. The van der Waals surface area contributed by atoms with Crippen molar-refractivity contribution in [2.24, 2.45) is 28.6 Å². The van der Waals surface area contributed by atoms with Gasteiger partial charge in [0.05, 0.1) is 19.1 Å². The molecular formula is C24H30O6. The summed E-state index contributed by atoms with van der Waals surface area (Å²) in [6.45, 7) is 4.51. The summed E-state index contributed by atoms with van der Waals surface area (Å²) in [6, 6.07) is 0. The van der Waals surface area contributed by atoms with Crippen LogP contribution in [0.2, 0.25) is 0 Å². The van der Waals surface area contributed by atoms with Crippen LogP contribution >= 0.6 is 0 Å². The lowest BCUT2D eigenvalue weighted by Gasteiger charge is -2.58. The van der Waals surface area contributed by atoms with Crippen molar-refractivity contribution in [3.05, 3.63) is 11.6 Å². The highest BCUT2D eigenvalue weighted by Crippen LogP contribution is 2.78. The van der Waals surface area contributed by atoms with E-state index in [4.69, 9.17) is 14.2 Å². The van der Waals surface area contributed by atoms with E-state index >= 15 is 0 Å². The number of fused-ring (bicyclic) bond motifs is 4. The summed E-state index contributed by atoms with van der Waals surface area (Å²) in [5.41, 5.74) is -0.175. The van der Waals surface area contributed by atoms with E-state index in [2.05, 4.69) is 13.8 Å². The molecule has 4 aliphatic carbocycles. The molecule has 2 spiro atoms. The molecule has 5 fully saturated rings. The first kappa shape index (κ1) is 19.0. The number of hydrogen-bond donors (Lipinski definition) is 0. The van der Waals surface area contributed by atoms with E-state index in [1.54, 1.807) is 6.08 Å². The number of carbonyl (C=O) groups is 3. The Morgan fingerprint density at radius 3 is 2.67 bits per heavy atom. The molecule has 8 atom stereocenters. The van der Waals surface area contributed by atoms with Crippen molar-refractivity contribution in [1.82, 2.24) is 0 Å². The van der Waals surface area contributed by atoms with Crippen LogP contribution in [-0.4, -0.2) is 42.1 Å². The smallest absolute Gasteiger partial charge is 0.309 e. The molecule has 0 amide bonds. The quantitative estimate of drug-likeness (QED) is 0.484. The Morgan fingerprint density at radius 1 is 1.17 bits per heavy atom. The third-order valence-corrected chi connectivity index (χ3v) is 10.2. The van der Waals surface area contributed by atoms with Crippen LogP contribution in [0.25, 0.3) is 0 Å². The van der Waals surface area contributed by atoms with Gasteiger partial charge in [-0.15, -0.1) is 0 Å². The van der Waals surface area contributed by atoms with Crippen LogP contribution < -0.4 is 0 Å². The van der Waals surface area contributed by atoms with Gasteiger partial charge in [-0.25, -0.2) is 0 Å². The second-order valence-electron chi connectivity index (χ2n) is 11.0. The maximum atomic E-state index is 13.0. The number of epoxide rings is 1. The van der Waals surface area contributed by atoms with Crippen LogP contribution in [0.1, 0.15) is 65.2 Å². The fourth-order valence-electron chi connectivity index (χ4n) is 8.69.